The molecule has 5 nitrogen and oxygen atoms in total. The molecule has 1 saturated carbocycles. The van der Waals surface area contributed by atoms with Gasteiger partial charge in [-0.2, -0.15) is 0 Å². The maximum atomic E-state index is 12.6. The molecule has 0 atom stereocenters. The largest absolute Gasteiger partial charge is 0.496 e. The zero-order valence-electron chi connectivity index (χ0n) is 19.1. The van der Waals surface area contributed by atoms with Crippen LogP contribution in [0.4, 0.5) is 0 Å². The minimum atomic E-state index is -0.379. The van der Waals surface area contributed by atoms with Crippen molar-refractivity contribution >= 4 is 11.8 Å². The molecule has 0 aliphatic heterocycles. The van der Waals surface area contributed by atoms with Gasteiger partial charge in [0, 0.05) is 17.5 Å². The molecule has 0 heterocycles. The van der Waals surface area contributed by atoms with Gasteiger partial charge in [-0.15, -0.1) is 0 Å². The van der Waals surface area contributed by atoms with Crippen molar-refractivity contribution in [1.29, 1.82) is 0 Å². The molecule has 4 rings (SSSR count). The van der Waals surface area contributed by atoms with Gasteiger partial charge < -0.3 is 15.8 Å². The number of methoxy groups -OCH3 is 1. The molecule has 3 N–H and O–H groups in total. The molecule has 2 amide bonds. The first kappa shape index (κ1) is 24.1. The molecule has 33 heavy (non-hydrogen) atoms. The Labute approximate surface area is 196 Å². The molecular formula is C28H32N2O3. The zero-order chi connectivity index (χ0) is 23.5. The Hall–Kier alpha value is -3.60. The molecule has 1 fully saturated rings. The number of para-hydroxylation sites is 1. The zero-order valence-corrected chi connectivity index (χ0v) is 19.1. The molecular weight excluding hydrogens is 412 g/mol. The van der Waals surface area contributed by atoms with Crippen molar-refractivity contribution in [3.63, 3.8) is 0 Å². The Morgan fingerprint density at radius 2 is 1.42 bits per heavy atom. The number of hydrogen-bond donors (Lipinski definition) is 2. The lowest BCUT2D eigenvalue weighted by molar-refractivity contribution is 0.0932. The minimum absolute atomic E-state index is 0.0528. The minimum Gasteiger partial charge on any atom is -0.496 e. The van der Waals surface area contributed by atoms with Gasteiger partial charge in [-0.25, -0.2) is 0 Å². The van der Waals surface area contributed by atoms with Crippen molar-refractivity contribution in [2.75, 3.05) is 13.7 Å². The summed E-state index contributed by atoms with van der Waals surface area (Å²) in [6.07, 6.45) is 5.99. The molecule has 1 aliphatic rings. The molecule has 0 aromatic heterocycles. The van der Waals surface area contributed by atoms with Gasteiger partial charge in [0.1, 0.15) is 5.75 Å². The highest BCUT2D eigenvalue weighted by atomic mass is 16.5. The highest BCUT2D eigenvalue weighted by Gasteiger charge is 2.34. The second-order valence-corrected chi connectivity index (χ2v) is 8.32. The predicted molar refractivity (Wildman–Crippen MR) is 131 cm³/mol. The lowest BCUT2D eigenvalue weighted by Gasteiger charge is -2.38. The third-order valence-electron chi connectivity index (χ3n) is 6.19. The summed E-state index contributed by atoms with van der Waals surface area (Å²) < 4.78 is 5.31. The molecule has 1 aliphatic carbocycles. The van der Waals surface area contributed by atoms with Crippen molar-refractivity contribution in [1.82, 2.24) is 5.32 Å². The normalized spacial score (nSPS) is 14.3. The maximum absolute atomic E-state index is 12.6. The average molecular weight is 445 g/mol. The molecule has 0 bridgehead atoms. The summed E-state index contributed by atoms with van der Waals surface area (Å²) in [7, 11) is 1.60. The van der Waals surface area contributed by atoms with Crippen LogP contribution in [0.1, 0.15) is 58.4 Å². The van der Waals surface area contributed by atoms with Gasteiger partial charge in [-0.1, -0.05) is 79.9 Å². The summed E-state index contributed by atoms with van der Waals surface area (Å²) in [4.78, 5) is 23.1. The number of nitrogens with two attached hydrogens (primary N) is 1. The first-order valence-corrected chi connectivity index (χ1v) is 11.4. The van der Waals surface area contributed by atoms with E-state index in [4.69, 9.17) is 10.5 Å². The van der Waals surface area contributed by atoms with Crippen LogP contribution in [-0.2, 0) is 5.41 Å². The lowest BCUT2D eigenvalue weighted by Crippen LogP contribution is -2.42. The fourth-order valence-electron chi connectivity index (χ4n) is 4.37. The Morgan fingerprint density at radius 3 is 2.00 bits per heavy atom. The van der Waals surface area contributed by atoms with Crippen molar-refractivity contribution in [2.24, 2.45) is 5.73 Å². The van der Waals surface area contributed by atoms with Gasteiger partial charge in [-0.05, 0) is 42.7 Å². The summed E-state index contributed by atoms with van der Waals surface area (Å²) in [6.45, 7) is 0.674. The fourth-order valence-corrected chi connectivity index (χ4v) is 4.37. The van der Waals surface area contributed by atoms with Crippen LogP contribution in [0.3, 0.4) is 0 Å². The van der Waals surface area contributed by atoms with Crippen molar-refractivity contribution in [3.8, 4) is 5.75 Å². The molecule has 3 aromatic carbocycles. The summed E-state index contributed by atoms with van der Waals surface area (Å²) >= 11 is 0. The van der Waals surface area contributed by atoms with Gasteiger partial charge in [0.05, 0.1) is 12.7 Å². The summed E-state index contributed by atoms with van der Waals surface area (Å²) in [5, 5.41) is 3.16. The molecule has 0 spiro atoms. The fraction of sp³-hybridized carbons (Fsp3) is 0.286. The number of hydrogen-bond acceptors (Lipinski definition) is 3. The van der Waals surface area contributed by atoms with Gasteiger partial charge in [0.15, 0.2) is 0 Å². The van der Waals surface area contributed by atoms with E-state index in [2.05, 4.69) is 29.6 Å². The first-order valence-electron chi connectivity index (χ1n) is 11.4. The Bertz CT molecular complexity index is 1030. The van der Waals surface area contributed by atoms with Crippen LogP contribution in [-0.4, -0.2) is 25.5 Å². The van der Waals surface area contributed by atoms with Crippen LogP contribution in [0.15, 0.2) is 84.9 Å². The number of nitrogens with one attached hydrogen (secondary N) is 1. The van der Waals surface area contributed by atoms with E-state index >= 15 is 0 Å². The van der Waals surface area contributed by atoms with Crippen LogP contribution in [0.2, 0.25) is 0 Å². The number of amides is 2. The Kier molecular flexibility index (Phi) is 8.64. The quantitative estimate of drug-likeness (QED) is 0.554. The molecule has 0 radical (unpaired) electrons. The highest BCUT2D eigenvalue weighted by molar-refractivity contribution is 5.97. The summed E-state index contributed by atoms with van der Waals surface area (Å²) in [5.74, 6) is 0.177. The average Bonchev–Trinajstić information content (AvgIpc) is 2.89. The summed E-state index contributed by atoms with van der Waals surface area (Å²) in [6, 6.07) is 26.8. The Morgan fingerprint density at radius 1 is 0.848 bits per heavy atom. The number of rotatable bonds is 6. The van der Waals surface area contributed by atoms with Gasteiger partial charge in [0.25, 0.3) is 5.91 Å². The van der Waals surface area contributed by atoms with E-state index in [1.165, 1.54) is 24.8 Å². The van der Waals surface area contributed by atoms with Gasteiger partial charge in [-0.3, -0.25) is 9.59 Å². The number of primary amides is 1. The van der Waals surface area contributed by atoms with E-state index in [0.717, 1.165) is 12.8 Å². The van der Waals surface area contributed by atoms with Crippen LogP contribution < -0.4 is 15.8 Å². The number of benzene rings is 3. The smallest absolute Gasteiger partial charge is 0.255 e. The van der Waals surface area contributed by atoms with E-state index in [9.17, 15) is 9.59 Å². The number of carbonyl (C=O) groups is 2. The second kappa shape index (κ2) is 11.9. The van der Waals surface area contributed by atoms with Crippen LogP contribution >= 0.6 is 0 Å². The van der Waals surface area contributed by atoms with Gasteiger partial charge >= 0.3 is 0 Å². The van der Waals surface area contributed by atoms with E-state index in [1.54, 1.807) is 31.4 Å². The topological polar surface area (TPSA) is 81.4 Å². The maximum Gasteiger partial charge on any atom is 0.255 e. The SMILES string of the molecule is COc1ccccc1C(=O)NCC1(c2ccccc2)CCCCC1.NC(=O)c1ccccc1. The summed E-state index contributed by atoms with van der Waals surface area (Å²) in [5.41, 5.74) is 7.52. The van der Waals surface area contributed by atoms with E-state index in [0.29, 0.717) is 23.4 Å². The lowest BCUT2D eigenvalue weighted by atomic mass is 9.69. The van der Waals surface area contributed by atoms with Gasteiger partial charge in [0.2, 0.25) is 5.91 Å². The molecule has 5 heteroatoms. The third kappa shape index (κ3) is 6.45. The number of ether oxygens (including phenoxy) is 1. The van der Waals surface area contributed by atoms with Crippen LogP contribution in [0.5, 0.6) is 5.75 Å². The third-order valence-corrected chi connectivity index (χ3v) is 6.19. The van der Waals surface area contributed by atoms with Crippen LogP contribution in [0, 0.1) is 0 Å². The first-order chi connectivity index (χ1) is 16.1. The Balaban J connectivity index is 0.000000286. The van der Waals surface area contributed by atoms with Crippen molar-refractivity contribution in [2.45, 2.75) is 37.5 Å². The number of carbonyl (C=O) groups excluding carboxylic acids is 2. The molecule has 3 aromatic rings. The predicted octanol–water partition coefficient (Wildman–Crippen LogP) is 5.11. The van der Waals surface area contributed by atoms with E-state index in [-0.39, 0.29) is 17.2 Å². The second-order valence-electron chi connectivity index (χ2n) is 8.32. The standard InChI is InChI=1S/C21H25NO2.C7H7NO/c1-24-19-13-7-6-12-18(19)20(23)22-16-21(14-8-3-9-15-21)17-10-4-2-5-11-17;8-7(9)6-4-2-1-3-5-6/h2,4-7,10-13H,3,8-9,14-16H2,1H3,(H,22,23);1-5H,(H2,8,9). The molecule has 172 valence electrons. The van der Waals surface area contributed by atoms with Crippen molar-refractivity contribution in [3.05, 3.63) is 102 Å². The monoisotopic (exact) mass is 444 g/mol. The molecule has 0 unspecified atom stereocenters. The van der Waals surface area contributed by atoms with Crippen LogP contribution in [0.25, 0.3) is 0 Å². The van der Waals surface area contributed by atoms with E-state index in [1.807, 2.05) is 36.4 Å². The molecule has 0 saturated heterocycles. The van der Waals surface area contributed by atoms with E-state index < -0.39 is 0 Å². The highest BCUT2D eigenvalue weighted by Crippen LogP contribution is 2.39. The van der Waals surface area contributed by atoms with Crippen molar-refractivity contribution < 1.29 is 14.3 Å².